The largest absolute Gasteiger partial charge is 0.379 e. The molecule has 0 aliphatic carbocycles. The zero-order valence-electron chi connectivity index (χ0n) is 15.6. The predicted molar refractivity (Wildman–Crippen MR) is 114 cm³/mol. The van der Waals surface area contributed by atoms with E-state index >= 15 is 0 Å². The van der Waals surface area contributed by atoms with Gasteiger partial charge < -0.3 is 5.32 Å². The molecule has 0 heterocycles. The maximum Gasteiger partial charge on any atom is 0.129 e. The highest BCUT2D eigenvalue weighted by atomic mass is 35.5. The number of nitrogens with zero attached hydrogens (tertiary/aromatic N) is 1. The van der Waals surface area contributed by atoms with Gasteiger partial charge in [0.05, 0.1) is 11.4 Å². The summed E-state index contributed by atoms with van der Waals surface area (Å²) in [6.07, 6.45) is 7.15. The lowest BCUT2D eigenvalue weighted by Crippen LogP contribution is -2.17. The number of aliphatic imine (C=N–C) groups is 1. The summed E-state index contributed by atoms with van der Waals surface area (Å²) < 4.78 is 27.5. The highest BCUT2D eigenvalue weighted by Crippen LogP contribution is 2.26. The van der Waals surface area contributed by atoms with Gasteiger partial charge in [0, 0.05) is 22.7 Å². The van der Waals surface area contributed by atoms with Gasteiger partial charge in [0.1, 0.15) is 11.6 Å². The van der Waals surface area contributed by atoms with Crippen LogP contribution in [0.1, 0.15) is 18.1 Å². The molecule has 144 valence electrons. The molecule has 0 spiro atoms. The van der Waals surface area contributed by atoms with E-state index in [2.05, 4.69) is 23.6 Å². The Balaban J connectivity index is 2.58. The number of benzene rings is 2. The number of hydrogen-bond acceptors (Lipinski definition) is 2. The highest BCUT2D eigenvalue weighted by Gasteiger charge is 2.14. The first-order chi connectivity index (χ1) is 13.5. The first-order valence-corrected chi connectivity index (χ1v) is 8.99. The molecule has 0 amide bonds. The van der Waals surface area contributed by atoms with Crippen molar-refractivity contribution in [3.8, 4) is 0 Å². The van der Waals surface area contributed by atoms with Crippen molar-refractivity contribution in [3.63, 3.8) is 0 Å². The second-order valence-electron chi connectivity index (χ2n) is 5.80. The van der Waals surface area contributed by atoms with Crippen LogP contribution in [0.4, 0.5) is 8.78 Å². The van der Waals surface area contributed by atoms with Crippen LogP contribution < -0.4 is 5.32 Å². The van der Waals surface area contributed by atoms with E-state index in [0.29, 0.717) is 27.5 Å². The quantitative estimate of drug-likeness (QED) is 0.400. The summed E-state index contributed by atoms with van der Waals surface area (Å²) in [5.74, 6) is -0.760. The van der Waals surface area contributed by atoms with Gasteiger partial charge in [-0.2, -0.15) is 0 Å². The molecule has 0 aliphatic heterocycles. The maximum absolute atomic E-state index is 14.2. The zero-order valence-corrected chi connectivity index (χ0v) is 16.3. The van der Waals surface area contributed by atoms with Gasteiger partial charge in [-0.05, 0) is 55.6 Å². The van der Waals surface area contributed by atoms with Crippen molar-refractivity contribution in [1.82, 2.24) is 5.32 Å². The Morgan fingerprint density at radius 2 is 1.89 bits per heavy atom. The van der Waals surface area contributed by atoms with Crippen LogP contribution in [0.15, 0.2) is 89.6 Å². The van der Waals surface area contributed by atoms with Crippen molar-refractivity contribution in [2.24, 2.45) is 4.99 Å². The molecule has 0 bridgehead atoms. The minimum atomic E-state index is -0.408. The van der Waals surface area contributed by atoms with Crippen molar-refractivity contribution < 1.29 is 8.78 Å². The first-order valence-electron chi connectivity index (χ1n) is 8.61. The van der Waals surface area contributed by atoms with Gasteiger partial charge >= 0.3 is 0 Å². The summed E-state index contributed by atoms with van der Waals surface area (Å²) in [7, 11) is 0. The Bertz CT molecular complexity index is 921. The maximum atomic E-state index is 14.2. The molecule has 5 heteroatoms. The van der Waals surface area contributed by atoms with Crippen LogP contribution in [-0.2, 0) is 6.54 Å². The van der Waals surface area contributed by atoms with E-state index in [1.54, 1.807) is 36.4 Å². The van der Waals surface area contributed by atoms with Gasteiger partial charge in [0.2, 0.25) is 0 Å². The van der Waals surface area contributed by atoms with Crippen molar-refractivity contribution in [2.75, 3.05) is 0 Å². The molecule has 2 aromatic carbocycles. The molecule has 0 saturated carbocycles. The van der Waals surface area contributed by atoms with Crippen LogP contribution in [0.3, 0.4) is 0 Å². The lowest BCUT2D eigenvalue weighted by molar-refractivity contribution is 0.602. The Morgan fingerprint density at radius 1 is 1.18 bits per heavy atom. The van der Waals surface area contributed by atoms with Gasteiger partial charge in [-0.3, -0.25) is 4.99 Å². The fourth-order valence-electron chi connectivity index (χ4n) is 2.65. The molecule has 28 heavy (non-hydrogen) atoms. The summed E-state index contributed by atoms with van der Waals surface area (Å²) in [5.41, 5.74) is 2.86. The van der Waals surface area contributed by atoms with Gasteiger partial charge in [0.25, 0.3) is 0 Å². The van der Waals surface area contributed by atoms with E-state index in [0.717, 1.165) is 5.57 Å². The molecule has 0 radical (unpaired) electrons. The zero-order chi connectivity index (χ0) is 20.5. The molecule has 0 aromatic heterocycles. The van der Waals surface area contributed by atoms with E-state index in [1.165, 1.54) is 18.2 Å². The number of nitrogens with one attached hydrogen (secondary N) is 1. The molecule has 2 nitrogen and oxygen atoms in total. The Hall–Kier alpha value is -2.98. The Labute approximate surface area is 169 Å². The summed E-state index contributed by atoms with van der Waals surface area (Å²) in [4.78, 5) is 4.14. The number of rotatable bonds is 8. The van der Waals surface area contributed by atoms with Crippen molar-refractivity contribution in [1.29, 1.82) is 0 Å². The van der Waals surface area contributed by atoms with Gasteiger partial charge in [0.15, 0.2) is 0 Å². The molecule has 0 atom stereocenters. The molecular formula is C23H21ClF2N2. The SMILES string of the molecule is C=C/C=C(\C=C/C)C(/NCc1c(F)cccc1Cl)=C(/N=C)c1ccc(F)cc1. The van der Waals surface area contributed by atoms with E-state index in [4.69, 9.17) is 11.6 Å². The van der Waals surface area contributed by atoms with Gasteiger partial charge in [-0.15, -0.1) is 0 Å². The van der Waals surface area contributed by atoms with Crippen LogP contribution in [0, 0.1) is 11.6 Å². The molecule has 2 aromatic rings. The molecule has 2 rings (SSSR count). The van der Waals surface area contributed by atoms with Crippen LogP contribution in [0.2, 0.25) is 5.02 Å². The third-order valence-electron chi connectivity index (χ3n) is 3.95. The highest BCUT2D eigenvalue weighted by molar-refractivity contribution is 6.31. The lowest BCUT2D eigenvalue weighted by Gasteiger charge is -2.17. The average Bonchev–Trinajstić information content (AvgIpc) is 2.68. The summed E-state index contributed by atoms with van der Waals surface area (Å²) in [5, 5.41) is 3.53. The monoisotopic (exact) mass is 398 g/mol. The van der Waals surface area contributed by atoms with Crippen LogP contribution in [0.5, 0.6) is 0 Å². The average molecular weight is 399 g/mol. The second-order valence-corrected chi connectivity index (χ2v) is 6.21. The van der Waals surface area contributed by atoms with Crippen molar-refractivity contribution in [3.05, 3.63) is 112 Å². The van der Waals surface area contributed by atoms with Crippen LogP contribution in [0.25, 0.3) is 5.70 Å². The summed E-state index contributed by atoms with van der Waals surface area (Å²) in [6.45, 7) is 9.41. The molecule has 0 fully saturated rings. The summed E-state index contributed by atoms with van der Waals surface area (Å²) in [6, 6.07) is 10.4. The van der Waals surface area contributed by atoms with Gasteiger partial charge in [-0.25, -0.2) is 8.78 Å². The van der Waals surface area contributed by atoms with E-state index < -0.39 is 5.82 Å². The fourth-order valence-corrected chi connectivity index (χ4v) is 2.88. The third kappa shape index (κ3) is 5.27. The molecule has 1 N–H and O–H groups in total. The summed E-state index contributed by atoms with van der Waals surface area (Å²) >= 11 is 6.14. The Kier molecular flexibility index (Phi) is 7.90. The topological polar surface area (TPSA) is 24.4 Å². The standard InChI is InChI=1S/C23H21ClF2N2/c1-4-7-16(8-5-2)23(22(27-3)17-11-13-18(25)14-12-17)28-15-19-20(24)9-6-10-21(19)26/h4-14,28H,1,3,15H2,2H3/b8-5-,16-7+,23-22-. The number of allylic oxidation sites excluding steroid dienone is 4. The van der Waals surface area contributed by atoms with E-state index in [1.807, 2.05) is 19.1 Å². The predicted octanol–water partition coefficient (Wildman–Crippen LogP) is 6.47. The molecule has 0 aliphatic rings. The molecular weight excluding hydrogens is 378 g/mol. The third-order valence-corrected chi connectivity index (χ3v) is 4.30. The number of halogens is 3. The van der Waals surface area contributed by atoms with Crippen molar-refractivity contribution in [2.45, 2.75) is 13.5 Å². The molecule has 0 unspecified atom stereocenters. The minimum absolute atomic E-state index is 0.132. The lowest BCUT2D eigenvalue weighted by atomic mass is 10.0. The van der Waals surface area contributed by atoms with Crippen molar-refractivity contribution >= 4 is 24.0 Å². The second kappa shape index (κ2) is 10.4. The number of hydrogen-bond donors (Lipinski definition) is 1. The van der Waals surface area contributed by atoms with Gasteiger partial charge in [-0.1, -0.05) is 48.6 Å². The molecule has 0 saturated heterocycles. The first kappa shape index (κ1) is 21.3. The fraction of sp³-hybridized carbons (Fsp3) is 0.0870. The van der Waals surface area contributed by atoms with E-state index in [-0.39, 0.29) is 12.4 Å². The Morgan fingerprint density at radius 3 is 2.46 bits per heavy atom. The van der Waals surface area contributed by atoms with Crippen LogP contribution in [-0.4, -0.2) is 6.72 Å². The minimum Gasteiger partial charge on any atom is -0.379 e. The smallest absolute Gasteiger partial charge is 0.129 e. The normalized spacial score (nSPS) is 12.6. The van der Waals surface area contributed by atoms with Crippen LogP contribution >= 0.6 is 11.6 Å². The van der Waals surface area contributed by atoms with E-state index in [9.17, 15) is 8.78 Å².